The molecule has 3 heterocycles. The first-order chi connectivity index (χ1) is 12.2. The highest BCUT2D eigenvalue weighted by Crippen LogP contribution is 2.24. The normalized spacial score (nSPS) is 10.9. The minimum Gasteiger partial charge on any atom is -0.265 e. The number of hydrogen-bond donors (Lipinski definition) is 0. The van der Waals surface area contributed by atoms with Crippen molar-refractivity contribution >= 4 is 10.9 Å². The van der Waals surface area contributed by atoms with E-state index >= 15 is 0 Å². The van der Waals surface area contributed by atoms with Crippen LogP contribution < -0.4 is 5.56 Å². The Bertz CT molecular complexity index is 1090. The first kappa shape index (κ1) is 15.2. The van der Waals surface area contributed by atoms with Crippen LogP contribution in [0.1, 0.15) is 11.1 Å². The number of hydrogen-bond acceptors (Lipinski definition) is 4. The Hall–Kier alpha value is -3.34. The highest BCUT2D eigenvalue weighted by Gasteiger charge is 2.13. The Labute approximate surface area is 144 Å². The van der Waals surface area contributed by atoms with Crippen molar-refractivity contribution in [1.29, 1.82) is 0 Å². The zero-order valence-electron chi connectivity index (χ0n) is 13.8. The van der Waals surface area contributed by atoms with E-state index in [4.69, 9.17) is 0 Å². The molecule has 0 saturated heterocycles. The van der Waals surface area contributed by atoms with Gasteiger partial charge in [-0.25, -0.2) is 4.68 Å². The van der Waals surface area contributed by atoms with Crippen LogP contribution >= 0.6 is 0 Å². The SMILES string of the molecule is Cc1ccc(-c2nn(Cc3ccncc3)c(=O)c3ncccc23)cc1. The van der Waals surface area contributed by atoms with E-state index in [1.165, 1.54) is 10.2 Å². The lowest BCUT2D eigenvalue weighted by molar-refractivity contribution is 0.649. The van der Waals surface area contributed by atoms with Crippen LogP contribution in [0.15, 0.2) is 71.9 Å². The van der Waals surface area contributed by atoms with Gasteiger partial charge in [0.05, 0.1) is 6.54 Å². The Balaban J connectivity index is 1.94. The van der Waals surface area contributed by atoms with Crippen molar-refractivity contribution in [3.8, 4) is 11.3 Å². The minimum absolute atomic E-state index is 0.191. The molecule has 0 N–H and O–H groups in total. The summed E-state index contributed by atoms with van der Waals surface area (Å²) in [6.07, 6.45) is 5.06. The first-order valence-corrected chi connectivity index (χ1v) is 8.04. The molecular formula is C20H16N4O. The van der Waals surface area contributed by atoms with E-state index in [1.807, 2.05) is 55.5 Å². The third-order valence-corrected chi connectivity index (χ3v) is 4.13. The van der Waals surface area contributed by atoms with E-state index in [0.29, 0.717) is 12.1 Å². The van der Waals surface area contributed by atoms with E-state index in [2.05, 4.69) is 15.1 Å². The summed E-state index contributed by atoms with van der Waals surface area (Å²) in [7, 11) is 0. The summed E-state index contributed by atoms with van der Waals surface area (Å²) in [5.74, 6) is 0. The Morgan fingerprint density at radius 2 is 1.72 bits per heavy atom. The average molecular weight is 328 g/mol. The molecule has 1 aromatic carbocycles. The average Bonchev–Trinajstić information content (AvgIpc) is 2.66. The maximum atomic E-state index is 12.8. The van der Waals surface area contributed by atoms with Crippen LogP contribution in [-0.4, -0.2) is 19.7 Å². The molecule has 0 fully saturated rings. The van der Waals surface area contributed by atoms with Crippen LogP contribution in [0.4, 0.5) is 0 Å². The van der Waals surface area contributed by atoms with E-state index in [0.717, 1.165) is 22.2 Å². The summed E-state index contributed by atoms with van der Waals surface area (Å²) in [4.78, 5) is 21.1. The molecule has 0 saturated carbocycles. The topological polar surface area (TPSA) is 60.7 Å². The number of aryl methyl sites for hydroxylation is 1. The molecule has 122 valence electrons. The molecule has 0 unspecified atom stereocenters. The van der Waals surface area contributed by atoms with Gasteiger partial charge >= 0.3 is 0 Å². The molecular weight excluding hydrogens is 312 g/mol. The van der Waals surface area contributed by atoms with E-state index < -0.39 is 0 Å². The van der Waals surface area contributed by atoms with E-state index in [-0.39, 0.29) is 5.56 Å². The van der Waals surface area contributed by atoms with Gasteiger partial charge in [0.1, 0.15) is 11.2 Å². The molecule has 4 aromatic rings. The van der Waals surface area contributed by atoms with Gasteiger partial charge in [0, 0.05) is 29.5 Å². The summed E-state index contributed by atoms with van der Waals surface area (Å²) >= 11 is 0. The van der Waals surface area contributed by atoms with Crippen LogP contribution in [0.5, 0.6) is 0 Å². The van der Waals surface area contributed by atoms with Crippen molar-refractivity contribution < 1.29 is 0 Å². The van der Waals surface area contributed by atoms with Gasteiger partial charge in [0.25, 0.3) is 5.56 Å². The number of fused-ring (bicyclic) bond motifs is 1. The molecule has 0 aliphatic carbocycles. The van der Waals surface area contributed by atoms with Gasteiger partial charge in [-0.1, -0.05) is 29.8 Å². The first-order valence-electron chi connectivity index (χ1n) is 8.04. The van der Waals surface area contributed by atoms with Gasteiger partial charge in [-0.2, -0.15) is 5.10 Å². The summed E-state index contributed by atoms with van der Waals surface area (Å²) < 4.78 is 1.47. The molecule has 0 amide bonds. The maximum absolute atomic E-state index is 12.8. The number of rotatable bonds is 3. The smallest absolute Gasteiger partial charge is 0.265 e. The molecule has 5 nitrogen and oxygen atoms in total. The fraction of sp³-hybridized carbons (Fsp3) is 0.100. The van der Waals surface area contributed by atoms with Crippen molar-refractivity contribution in [1.82, 2.24) is 19.7 Å². The second kappa shape index (κ2) is 6.28. The van der Waals surface area contributed by atoms with E-state index in [1.54, 1.807) is 18.6 Å². The molecule has 0 atom stereocenters. The van der Waals surface area contributed by atoms with Crippen molar-refractivity contribution in [2.24, 2.45) is 0 Å². The lowest BCUT2D eigenvalue weighted by Crippen LogP contribution is -2.25. The Morgan fingerprint density at radius 3 is 2.48 bits per heavy atom. The quantitative estimate of drug-likeness (QED) is 0.579. The summed E-state index contributed by atoms with van der Waals surface area (Å²) in [5.41, 5.74) is 4.11. The highest BCUT2D eigenvalue weighted by atomic mass is 16.1. The standard InChI is InChI=1S/C20H16N4O/c1-14-4-6-16(7-5-14)18-17-3-2-10-22-19(17)20(25)24(23-18)13-15-8-11-21-12-9-15/h2-12H,13H2,1H3. The second-order valence-corrected chi connectivity index (χ2v) is 5.93. The van der Waals surface area contributed by atoms with Crippen LogP contribution in [0.25, 0.3) is 22.2 Å². The molecule has 5 heteroatoms. The van der Waals surface area contributed by atoms with Crippen LogP contribution in [-0.2, 0) is 6.54 Å². The Kier molecular flexibility index (Phi) is 3.82. The lowest BCUT2D eigenvalue weighted by Gasteiger charge is -2.11. The molecule has 0 bridgehead atoms. The van der Waals surface area contributed by atoms with Gasteiger partial charge < -0.3 is 0 Å². The van der Waals surface area contributed by atoms with Gasteiger partial charge in [0.2, 0.25) is 0 Å². The zero-order chi connectivity index (χ0) is 17.2. The third kappa shape index (κ3) is 2.92. The number of pyridine rings is 2. The predicted molar refractivity (Wildman–Crippen MR) is 97.3 cm³/mol. The fourth-order valence-electron chi connectivity index (χ4n) is 2.80. The van der Waals surface area contributed by atoms with Crippen molar-refractivity contribution in [2.75, 3.05) is 0 Å². The zero-order valence-corrected chi connectivity index (χ0v) is 13.8. The van der Waals surface area contributed by atoms with Crippen molar-refractivity contribution in [3.05, 3.63) is 88.6 Å². The maximum Gasteiger partial charge on any atom is 0.293 e. The van der Waals surface area contributed by atoms with Gasteiger partial charge in [-0.3, -0.25) is 14.8 Å². The summed E-state index contributed by atoms with van der Waals surface area (Å²) in [5, 5.41) is 5.41. The highest BCUT2D eigenvalue weighted by molar-refractivity contribution is 5.91. The number of benzene rings is 1. The second-order valence-electron chi connectivity index (χ2n) is 5.93. The van der Waals surface area contributed by atoms with Crippen LogP contribution in [0.3, 0.4) is 0 Å². The monoisotopic (exact) mass is 328 g/mol. The van der Waals surface area contributed by atoms with Crippen LogP contribution in [0.2, 0.25) is 0 Å². The van der Waals surface area contributed by atoms with Gasteiger partial charge in [-0.05, 0) is 36.8 Å². The molecule has 0 radical (unpaired) electrons. The number of aromatic nitrogens is 4. The van der Waals surface area contributed by atoms with Crippen molar-refractivity contribution in [2.45, 2.75) is 13.5 Å². The molecule has 0 spiro atoms. The van der Waals surface area contributed by atoms with E-state index in [9.17, 15) is 4.79 Å². The van der Waals surface area contributed by atoms with Gasteiger partial charge in [0.15, 0.2) is 0 Å². The molecule has 0 aliphatic heterocycles. The molecule has 3 aromatic heterocycles. The van der Waals surface area contributed by atoms with Crippen LogP contribution in [0, 0.1) is 6.92 Å². The molecule has 4 rings (SSSR count). The van der Waals surface area contributed by atoms with Gasteiger partial charge in [-0.15, -0.1) is 0 Å². The largest absolute Gasteiger partial charge is 0.293 e. The molecule has 0 aliphatic rings. The lowest BCUT2D eigenvalue weighted by atomic mass is 10.1. The Morgan fingerprint density at radius 1 is 0.960 bits per heavy atom. The molecule has 25 heavy (non-hydrogen) atoms. The minimum atomic E-state index is -0.191. The van der Waals surface area contributed by atoms with Crippen molar-refractivity contribution in [3.63, 3.8) is 0 Å². The summed E-state index contributed by atoms with van der Waals surface area (Å²) in [6.45, 7) is 2.42. The predicted octanol–water partition coefficient (Wildman–Crippen LogP) is 3.21. The third-order valence-electron chi connectivity index (χ3n) is 4.13. The summed E-state index contributed by atoms with van der Waals surface area (Å²) in [6, 6.07) is 15.6. The fourth-order valence-corrected chi connectivity index (χ4v) is 2.80. The number of nitrogens with zero attached hydrogens (tertiary/aromatic N) is 4.